The van der Waals surface area contributed by atoms with Crippen molar-refractivity contribution in [2.75, 3.05) is 6.54 Å². The fourth-order valence-electron chi connectivity index (χ4n) is 2.44. The number of aromatic amines is 1. The molecule has 2 N–H and O–H groups in total. The van der Waals surface area contributed by atoms with Gasteiger partial charge in [-0.1, -0.05) is 20.8 Å². The molecular weight excluding hydrogens is 324 g/mol. The number of rotatable bonds is 6. The number of aryl methyl sites for hydroxylation is 3. The first kappa shape index (κ1) is 18.3. The number of nitrogens with zero attached hydrogens (tertiary/aromatic N) is 2. The van der Waals surface area contributed by atoms with Crippen LogP contribution >= 0.6 is 11.3 Å². The van der Waals surface area contributed by atoms with E-state index in [1.54, 1.807) is 18.3 Å². The number of H-pyrrole nitrogens is 1. The Morgan fingerprint density at radius 3 is 2.54 bits per heavy atom. The summed E-state index contributed by atoms with van der Waals surface area (Å²) in [7, 11) is 0. The molecule has 24 heavy (non-hydrogen) atoms. The van der Waals surface area contributed by atoms with Crippen molar-refractivity contribution in [1.82, 2.24) is 20.3 Å². The molecule has 0 fully saturated rings. The molecule has 0 radical (unpaired) electrons. The van der Waals surface area contributed by atoms with Crippen molar-refractivity contribution in [2.24, 2.45) is 0 Å². The van der Waals surface area contributed by atoms with Crippen LogP contribution in [0.2, 0.25) is 0 Å². The van der Waals surface area contributed by atoms with Gasteiger partial charge >= 0.3 is 0 Å². The van der Waals surface area contributed by atoms with Gasteiger partial charge in [-0.2, -0.15) is 0 Å². The standard InChI is InChI=1S/C17H24N4O2S/c1-6-12-11(5)24-13(20-12)7-8-18-16(22)14-10(4)19-15(9(2)3)21-17(14)23/h9H,6-8H2,1-5H3,(H,18,22)(H,19,21,23). The molecule has 2 aromatic heterocycles. The Bertz CT molecular complexity index is 792. The zero-order valence-electron chi connectivity index (χ0n) is 14.8. The molecule has 0 spiro atoms. The van der Waals surface area contributed by atoms with Gasteiger partial charge in [0.05, 0.1) is 16.4 Å². The highest BCUT2D eigenvalue weighted by Crippen LogP contribution is 2.18. The van der Waals surface area contributed by atoms with E-state index in [0.717, 1.165) is 17.1 Å². The van der Waals surface area contributed by atoms with Gasteiger partial charge in [0.15, 0.2) is 0 Å². The number of hydrogen-bond donors (Lipinski definition) is 2. The molecule has 0 bridgehead atoms. The van der Waals surface area contributed by atoms with E-state index in [9.17, 15) is 9.59 Å². The molecule has 0 aliphatic rings. The van der Waals surface area contributed by atoms with E-state index < -0.39 is 0 Å². The first-order valence-electron chi connectivity index (χ1n) is 8.17. The average Bonchev–Trinajstić information content (AvgIpc) is 2.86. The van der Waals surface area contributed by atoms with E-state index in [0.29, 0.717) is 24.5 Å². The lowest BCUT2D eigenvalue weighted by Gasteiger charge is -2.09. The lowest BCUT2D eigenvalue weighted by molar-refractivity contribution is 0.0951. The summed E-state index contributed by atoms with van der Waals surface area (Å²) in [6.07, 6.45) is 1.57. The summed E-state index contributed by atoms with van der Waals surface area (Å²) < 4.78 is 0. The van der Waals surface area contributed by atoms with Gasteiger partial charge in [0.2, 0.25) is 0 Å². The van der Waals surface area contributed by atoms with Gasteiger partial charge in [0.25, 0.3) is 11.5 Å². The number of carbonyl (C=O) groups is 1. The van der Waals surface area contributed by atoms with Crippen LogP contribution in [0, 0.1) is 13.8 Å². The fraction of sp³-hybridized carbons (Fsp3) is 0.529. The highest BCUT2D eigenvalue weighted by atomic mass is 32.1. The molecule has 0 atom stereocenters. The zero-order chi connectivity index (χ0) is 17.9. The molecule has 0 aliphatic carbocycles. The largest absolute Gasteiger partial charge is 0.351 e. The summed E-state index contributed by atoms with van der Waals surface area (Å²) in [6.45, 7) is 10.2. The van der Waals surface area contributed by atoms with Crippen molar-refractivity contribution >= 4 is 17.2 Å². The minimum Gasteiger partial charge on any atom is -0.351 e. The molecule has 6 nitrogen and oxygen atoms in total. The first-order chi connectivity index (χ1) is 11.3. The Labute approximate surface area is 145 Å². The van der Waals surface area contributed by atoms with Crippen LogP contribution in [0.25, 0.3) is 0 Å². The smallest absolute Gasteiger partial charge is 0.264 e. The second-order valence-corrected chi connectivity index (χ2v) is 7.32. The maximum absolute atomic E-state index is 12.3. The number of thiazole rings is 1. The van der Waals surface area contributed by atoms with Crippen molar-refractivity contribution in [1.29, 1.82) is 0 Å². The van der Waals surface area contributed by atoms with E-state index >= 15 is 0 Å². The average molecular weight is 348 g/mol. The molecule has 2 rings (SSSR count). The zero-order valence-corrected chi connectivity index (χ0v) is 15.6. The van der Waals surface area contributed by atoms with Gasteiger partial charge in [-0.05, 0) is 20.3 Å². The van der Waals surface area contributed by atoms with Gasteiger partial charge in [-0.25, -0.2) is 9.97 Å². The molecule has 0 saturated carbocycles. The van der Waals surface area contributed by atoms with E-state index in [1.807, 2.05) is 13.8 Å². The summed E-state index contributed by atoms with van der Waals surface area (Å²) in [5.41, 5.74) is 1.27. The van der Waals surface area contributed by atoms with Crippen molar-refractivity contribution in [2.45, 2.75) is 53.4 Å². The van der Waals surface area contributed by atoms with Crippen LogP contribution in [0.5, 0.6) is 0 Å². The SMILES string of the molecule is CCc1nc(CCNC(=O)c2c(C)nc(C(C)C)[nH]c2=O)sc1C. The highest BCUT2D eigenvalue weighted by molar-refractivity contribution is 7.11. The molecule has 130 valence electrons. The number of aromatic nitrogens is 3. The Morgan fingerprint density at radius 2 is 2.00 bits per heavy atom. The van der Waals surface area contributed by atoms with Crippen molar-refractivity contribution in [3.8, 4) is 0 Å². The molecular formula is C17H24N4O2S. The topological polar surface area (TPSA) is 87.7 Å². The summed E-state index contributed by atoms with van der Waals surface area (Å²) in [5.74, 6) is 0.314. The monoisotopic (exact) mass is 348 g/mol. The first-order valence-corrected chi connectivity index (χ1v) is 8.99. The number of carbonyl (C=O) groups excluding carboxylic acids is 1. The minimum absolute atomic E-state index is 0.0870. The molecule has 0 saturated heterocycles. The van der Waals surface area contributed by atoms with E-state index in [-0.39, 0.29) is 22.9 Å². The van der Waals surface area contributed by atoms with Crippen LogP contribution in [-0.4, -0.2) is 27.4 Å². The van der Waals surface area contributed by atoms with Crippen molar-refractivity contribution < 1.29 is 4.79 Å². The lowest BCUT2D eigenvalue weighted by atomic mass is 10.1. The van der Waals surface area contributed by atoms with Gasteiger partial charge in [0.1, 0.15) is 11.4 Å². The summed E-state index contributed by atoms with van der Waals surface area (Å²) >= 11 is 1.66. The van der Waals surface area contributed by atoms with Crippen LogP contribution in [-0.2, 0) is 12.8 Å². The Hall–Kier alpha value is -2.02. The van der Waals surface area contributed by atoms with Gasteiger partial charge in [-0.15, -0.1) is 11.3 Å². The fourth-order valence-corrected chi connectivity index (χ4v) is 3.46. The van der Waals surface area contributed by atoms with E-state index in [2.05, 4.69) is 34.1 Å². The van der Waals surface area contributed by atoms with Crippen LogP contribution in [0.15, 0.2) is 4.79 Å². The number of amides is 1. The molecule has 1 amide bonds. The Morgan fingerprint density at radius 1 is 1.29 bits per heavy atom. The second-order valence-electron chi connectivity index (χ2n) is 6.04. The summed E-state index contributed by atoms with van der Waals surface area (Å²) in [4.78, 5) is 37.2. The van der Waals surface area contributed by atoms with E-state index in [4.69, 9.17) is 0 Å². The maximum Gasteiger partial charge on any atom is 0.264 e. The van der Waals surface area contributed by atoms with Crippen molar-refractivity contribution in [3.63, 3.8) is 0 Å². The normalized spacial score (nSPS) is 11.1. The highest BCUT2D eigenvalue weighted by Gasteiger charge is 2.17. The number of nitrogens with one attached hydrogen (secondary N) is 2. The van der Waals surface area contributed by atoms with Crippen LogP contribution in [0.4, 0.5) is 0 Å². The molecule has 2 heterocycles. The predicted octanol–water partition coefficient (Wildman–Crippen LogP) is 2.50. The molecule has 2 aromatic rings. The van der Waals surface area contributed by atoms with Crippen LogP contribution < -0.4 is 10.9 Å². The summed E-state index contributed by atoms with van der Waals surface area (Å²) in [5, 5.41) is 3.80. The van der Waals surface area contributed by atoms with Gasteiger partial charge < -0.3 is 10.3 Å². The molecule has 0 unspecified atom stereocenters. The van der Waals surface area contributed by atoms with Gasteiger partial charge in [0, 0.05) is 23.8 Å². The third-order valence-electron chi connectivity index (χ3n) is 3.79. The lowest BCUT2D eigenvalue weighted by Crippen LogP contribution is -2.33. The van der Waals surface area contributed by atoms with Gasteiger partial charge in [-0.3, -0.25) is 9.59 Å². The molecule has 0 aliphatic heterocycles. The minimum atomic E-state index is -0.388. The summed E-state index contributed by atoms with van der Waals surface area (Å²) in [6, 6.07) is 0. The quantitative estimate of drug-likeness (QED) is 0.839. The van der Waals surface area contributed by atoms with Crippen LogP contribution in [0.3, 0.4) is 0 Å². The third-order valence-corrected chi connectivity index (χ3v) is 4.86. The molecule has 0 aromatic carbocycles. The third kappa shape index (κ3) is 4.08. The predicted molar refractivity (Wildman–Crippen MR) is 95.9 cm³/mol. The van der Waals surface area contributed by atoms with E-state index in [1.165, 1.54) is 4.88 Å². The number of hydrogen-bond acceptors (Lipinski definition) is 5. The second kappa shape index (κ2) is 7.70. The van der Waals surface area contributed by atoms with Crippen LogP contribution in [0.1, 0.15) is 64.1 Å². The van der Waals surface area contributed by atoms with Crippen molar-refractivity contribution in [3.05, 3.63) is 43.0 Å². The molecule has 7 heteroatoms. The maximum atomic E-state index is 12.3. The Balaban J connectivity index is 2.03. The Kier molecular flexibility index (Phi) is 5.88.